The first-order valence-corrected chi connectivity index (χ1v) is 7.99. The van der Waals surface area contributed by atoms with Gasteiger partial charge in [-0.25, -0.2) is 10.4 Å². The molecule has 0 unspecified atom stereocenters. The van der Waals surface area contributed by atoms with Crippen LogP contribution in [0.25, 0.3) is 11.0 Å². The van der Waals surface area contributed by atoms with Crippen LogP contribution in [0.1, 0.15) is 23.2 Å². The van der Waals surface area contributed by atoms with Gasteiger partial charge in [-0.1, -0.05) is 36.4 Å². The lowest BCUT2D eigenvalue weighted by molar-refractivity contribution is -0.121. The molecule has 0 aliphatic carbocycles. The number of nitrogens with one attached hydrogen (secondary N) is 2. The number of benzene rings is 2. The molecule has 1 amide bonds. The summed E-state index contributed by atoms with van der Waals surface area (Å²) in [6.45, 7) is 1.97. The number of carbonyl (C=O) groups is 1. The van der Waals surface area contributed by atoms with Crippen LogP contribution >= 0.6 is 0 Å². The highest BCUT2D eigenvalue weighted by atomic mass is 16.2. The number of fused-ring (bicyclic) bond motifs is 1. The lowest BCUT2D eigenvalue weighted by Crippen LogP contribution is -2.21. The van der Waals surface area contributed by atoms with Crippen LogP contribution in [0.15, 0.2) is 58.4 Å². The van der Waals surface area contributed by atoms with E-state index in [4.69, 9.17) is 0 Å². The van der Waals surface area contributed by atoms with E-state index >= 15 is 0 Å². The van der Waals surface area contributed by atoms with Crippen molar-refractivity contribution >= 4 is 23.2 Å². The Hall–Kier alpha value is -3.28. The number of rotatable bonds is 5. The van der Waals surface area contributed by atoms with E-state index in [2.05, 4.69) is 20.5 Å². The Balaban J connectivity index is 1.60. The maximum Gasteiger partial charge on any atom is 0.270 e. The number of H-pyrrole nitrogens is 1. The number of aromatic amines is 1. The number of amides is 1. The second-order valence-electron chi connectivity index (χ2n) is 5.68. The van der Waals surface area contributed by atoms with Crippen LogP contribution in [0.3, 0.4) is 0 Å². The quantitative estimate of drug-likeness (QED) is 0.554. The molecule has 0 bridgehead atoms. The number of aromatic nitrogens is 2. The van der Waals surface area contributed by atoms with Gasteiger partial charge in [-0.05, 0) is 30.2 Å². The Morgan fingerprint density at radius 1 is 1.20 bits per heavy atom. The van der Waals surface area contributed by atoms with Crippen LogP contribution in [-0.4, -0.2) is 22.1 Å². The molecule has 1 heterocycles. The van der Waals surface area contributed by atoms with Gasteiger partial charge in [0, 0.05) is 12.8 Å². The molecule has 3 aromatic rings. The highest BCUT2D eigenvalue weighted by molar-refractivity contribution is 5.83. The molecule has 0 atom stereocenters. The van der Waals surface area contributed by atoms with Crippen LogP contribution in [0, 0.1) is 6.92 Å². The van der Waals surface area contributed by atoms with E-state index < -0.39 is 0 Å². The van der Waals surface area contributed by atoms with E-state index in [1.54, 1.807) is 12.3 Å². The first kappa shape index (κ1) is 16.6. The van der Waals surface area contributed by atoms with Crippen LogP contribution in [-0.2, 0) is 11.2 Å². The third-order valence-electron chi connectivity index (χ3n) is 3.84. The first-order chi connectivity index (χ1) is 12.1. The highest BCUT2D eigenvalue weighted by Crippen LogP contribution is 2.07. The minimum absolute atomic E-state index is 0.138. The molecule has 1 aromatic heterocycles. The molecule has 0 fully saturated rings. The second kappa shape index (κ2) is 7.53. The summed E-state index contributed by atoms with van der Waals surface area (Å²) in [5.41, 5.74) is 5.96. The second-order valence-corrected chi connectivity index (χ2v) is 5.68. The zero-order valence-corrected chi connectivity index (χ0v) is 13.8. The summed E-state index contributed by atoms with van der Waals surface area (Å²) in [6, 6.07) is 15.0. The van der Waals surface area contributed by atoms with Crippen LogP contribution in [0.5, 0.6) is 0 Å². The van der Waals surface area contributed by atoms with Gasteiger partial charge < -0.3 is 4.98 Å². The van der Waals surface area contributed by atoms with E-state index in [9.17, 15) is 9.59 Å². The number of nitrogens with zero attached hydrogens (tertiary/aromatic N) is 2. The monoisotopic (exact) mass is 334 g/mol. The van der Waals surface area contributed by atoms with Crippen molar-refractivity contribution in [1.29, 1.82) is 0 Å². The molecule has 2 N–H and O–H groups in total. The van der Waals surface area contributed by atoms with E-state index in [-0.39, 0.29) is 24.3 Å². The predicted octanol–water partition coefficient (Wildman–Crippen LogP) is 2.31. The predicted molar refractivity (Wildman–Crippen MR) is 97.6 cm³/mol. The molecule has 0 saturated carbocycles. The Labute approximate surface area is 144 Å². The van der Waals surface area contributed by atoms with Gasteiger partial charge in [0.25, 0.3) is 5.56 Å². The van der Waals surface area contributed by atoms with Gasteiger partial charge in [-0.3, -0.25) is 9.59 Å². The Morgan fingerprint density at radius 3 is 2.80 bits per heavy atom. The number of hydrazone groups is 1. The molecular weight excluding hydrogens is 316 g/mol. The molecular formula is C19H18N4O2. The summed E-state index contributed by atoms with van der Waals surface area (Å²) < 4.78 is 0. The van der Waals surface area contributed by atoms with E-state index in [1.165, 1.54) is 0 Å². The number of para-hydroxylation sites is 2. The zero-order valence-electron chi connectivity index (χ0n) is 13.8. The van der Waals surface area contributed by atoms with Gasteiger partial charge in [0.1, 0.15) is 5.69 Å². The van der Waals surface area contributed by atoms with Crippen molar-refractivity contribution in [3.8, 4) is 0 Å². The summed E-state index contributed by atoms with van der Waals surface area (Å²) in [4.78, 5) is 31.0. The largest absolute Gasteiger partial charge is 0.319 e. The van der Waals surface area contributed by atoms with Crippen molar-refractivity contribution in [2.45, 2.75) is 19.8 Å². The maximum absolute atomic E-state index is 12.0. The lowest BCUT2D eigenvalue weighted by atomic mass is 10.1. The molecule has 0 radical (unpaired) electrons. The zero-order chi connectivity index (χ0) is 17.6. The molecule has 126 valence electrons. The number of carbonyl (C=O) groups excluding carboxylic acids is 1. The number of aryl methyl sites for hydroxylation is 2. The van der Waals surface area contributed by atoms with E-state index in [0.29, 0.717) is 16.7 Å². The normalized spacial score (nSPS) is 11.1. The lowest BCUT2D eigenvalue weighted by Gasteiger charge is -2.02. The third kappa shape index (κ3) is 4.17. The summed E-state index contributed by atoms with van der Waals surface area (Å²) in [7, 11) is 0. The highest BCUT2D eigenvalue weighted by Gasteiger charge is 2.07. The van der Waals surface area contributed by atoms with E-state index in [1.807, 2.05) is 49.4 Å². The van der Waals surface area contributed by atoms with Crippen molar-refractivity contribution < 1.29 is 4.79 Å². The fourth-order valence-corrected chi connectivity index (χ4v) is 2.43. The Bertz CT molecular complexity index is 992. The molecule has 0 aliphatic rings. The van der Waals surface area contributed by atoms with Crippen molar-refractivity contribution in [3.63, 3.8) is 0 Å². The average Bonchev–Trinajstić information content (AvgIpc) is 2.61. The molecule has 2 aromatic carbocycles. The van der Waals surface area contributed by atoms with Gasteiger partial charge in [0.2, 0.25) is 5.91 Å². The van der Waals surface area contributed by atoms with Gasteiger partial charge in [0.05, 0.1) is 17.2 Å². The minimum atomic E-state index is -0.269. The Morgan fingerprint density at radius 2 is 1.96 bits per heavy atom. The SMILES string of the molecule is Cc1ccccc1/C=N\NC(=O)CCc1nc2ccccc2[nH]c1=O. The van der Waals surface area contributed by atoms with Crippen molar-refractivity contribution in [1.82, 2.24) is 15.4 Å². The molecule has 0 spiro atoms. The molecule has 0 aliphatic heterocycles. The third-order valence-corrected chi connectivity index (χ3v) is 3.84. The van der Waals surface area contributed by atoms with Crippen molar-refractivity contribution in [2.24, 2.45) is 5.10 Å². The molecule has 0 saturated heterocycles. The summed E-state index contributed by atoms with van der Waals surface area (Å²) >= 11 is 0. The topological polar surface area (TPSA) is 87.2 Å². The van der Waals surface area contributed by atoms with Gasteiger partial charge >= 0.3 is 0 Å². The van der Waals surface area contributed by atoms with Crippen LogP contribution < -0.4 is 11.0 Å². The Kier molecular flexibility index (Phi) is 4.99. The van der Waals surface area contributed by atoms with Crippen molar-refractivity contribution in [2.75, 3.05) is 0 Å². The van der Waals surface area contributed by atoms with E-state index in [0.717, 1.165) is 11.1 Å². The number of hydrogen-bond donors (Lipinski definition) is 2. The van der Waals surface area contributed by atoms with Gasteiger partial charge in [0.15, 0.2) is 0 Å². The van der Waals surface area contributed by atoms with Crippen LogP contribution in [0.4, 0.5) is 0 Å². The minimum Gasteiger partial charge on any atom is -0.319 e. The molecule has 25 heavy (non-hydrogen) atoms. The van der Waals surface area contributed by atoms with Crippen molar-refractivity contribution in [3.05, 3.63) is 75.7 Å². The van der Waals surface area contributed by atoms with Crippen LogP contribution in [0.2, 0.25) is 0 Å². The summed E-state index contributed by atoms with van der Waals surface area (Å²) in [5.74, 6) is -0.265. The van der Waals surface area contributed by atoms with Gasteiger partial charge in [-0.15, -0.1) is 0 Å². The summed E-state index contributed by atoms with van der Waals surface area (Å²) in [5, 5.41) is 3.96. The standard InChI is InChI=1S/C19H18N4O2/c1-13-6-2-3-7-14(13)12-20-23-18(24)11-10-17-19(25)22-16-9-5-4-8-15(16)21-17/h2-9,12H,10-11H2,1H3,(H,22,25)(H,23,24)/b20-12-. The molecule has 3 rings (SSSR count). The van der Waals surface area contributed by atoms with Gasteiger partial charge in [-0.2, -0.15) is 5.10 Å². The fraction of sp³-hybridized carbons (Fsp3) is 0.158. The molecule has 6 heteroatoms. The average molecular weight is 334 g/mol. The first-order valence-electron chi connectivity index (χ1n) is 7.99. The fourth-order valence-electron chi connectivity index (χ4n) is 2.43. The maximum atomic E-state index is 12.0. The number of hydrogen-bond acceptors (Lipinski definition) is 4. The summed E-state index contributed by atoms with van der Waals surface area (Å²) in [6.07, 6.45) is 2.00. The smallest absolute Gasteiger partial charge is 0.270 e. The molecule has 6 nitrogen and oxygen atoms in total.